The Morgan fingerprint density at radius 3 is 2.75 bits per heavy atom. The van der Waals surface area contributed by atoms with Crippen LogP contribution in [0.3, 0.4) is 0 Å². The van der Waals surface area contributed by atoms with Gasteiger partial charge in [0.15, 0.2) is 0 Å². The molecule has 1 aromatic carbocycles. The number of carbonyl (C=O) groups is 2. The van der Waals surface area contributed by atoms with Crippen molar-refractivity contribution in [1.82, 2.24) is 10.3 Å². The van der Waals surface area contributed by atoms with E-state index in [1.54, 1.807) is 13.2 Å². The van der Waals surface area contributed by atoms with Crippen molar-refractivity contribution in [3.63, 3.8) is 0 Å². The number of nitrogens with zero attached hydrogens (tertiary/aromatic N) is 1. The normalized spacial score (nSPS) is 10.2. The van der Waals surface area contributed by atoms with Gasteiger partial charge in [-0.15, -0.1) is 0 Å². The summed E-state index contributed by atoms with van der Waals surface area (Å²) in [5, 5.41) is 5.15. The van der Waals surface area contributed by atoms with Crippen LogP contribution in [0.1, 0.15) is 27.3 Å². The molecule has 0 saturated heterocycles. The summed E-state index contributed by atoms with van der Waals surface area (Å²) in [6.07, 6.45) is 2.04. The number of hydrogen-bond acceptors (Lipinski definition) is 4. The molecule has 6 nitrogen and oxygen atoms in total. The number of pyridine rings is 1. The van der Waals surface area contributed by atoms with E-state index in [0.717, 1.165) is 0 Å². The number of methoxy groups -OCH3 is 1. The molecule has 2 rings (SSSR count). The monoisotopic (exact) mass is 331 g/mol. The highest BCUT2D eigenvalue weighted by Crippen LogP contribution is 2.14. The number of ether oxygens (including phenoxy) is 1. The summed E-state index contributed by atoms with van der Waals surface area (Å²) >= 11 is 0. The third-order valence-electron chi connectivity index (χ3n) is 3.19. The van der Waals surface area contributed by atoms with E-state index in [1.807, 2.05) is 0 Å². The molecule has 0 spiro atoms. The van der Waals surface area contributed by atoms with E-state index in [4.69, 9.17) is 4.74 Å². The van der Waals surface area contributed by atoms with E-state index in [-0.39, 0.29) is 22.9 Å². The zero-order chi connectivity index (χ0) is 17.4. The molecule has 0 fully saturated rings. The topological polar surface area (TPSA) is 80.3 Å². The van der Waals surface area contributed by atoms with Gasteiger partial charge < -0.3 is 15.4 Å². The number of anilines is 1. The summed E-state index contributed by atoms with van der Waals surface area (Å²) in [6, 6.07) is 8.67. The lowest BCUT2D eigenvalue weighted by molar-refractivity contribution is 0.0943. The Labute approximate surface area is 139 Å². The summed E-state index contributed by atoms with van der Waals surface area (Å²) in [6.45, 7) is 0.985. The second kappa shape index (κ2) is 8.73. The van der Waals surface area contributed by atoms with Gasteiger partial charge in [0.2, 0.25) is 0 Å². The number of nitrogens with one attached hydrogen (secondary N) is 2. The van der Waals surface area contributed by atoms with Gasteiger partial charge in [0.1, 0.15) is 11.5 Å². The minimum absolute atomic E-state index is 0.0740. The average molecular weight is 331 g/mol. The van der Waals surface area contributed by atoms with Crippen molar-refractivity contribution in [2.45, 2.75) is 6.42 Å². The average Bonchev–Trinajstić information content (AvgIpc) is 2.60. The summed E-state index contributed by atoms with van der Waals surface area (Å²) in [5.41, 5.74) is 0.411. The number of halogens is 1. The Bertz CT molecular complexity index is 722. The van der Waals surface area contributed by atoms with Gasteiger partial charge in [-0.3, -0.25) is 14.6 Å². The molecule has 0 unspecified atom stereocenters. The van der Waals surface area contributed by atoms with Crippen molar-refractivity contribution in [3.05, 3.63) is 59.7 Å². The van der Waals surface area contributed by atoms with Crippen LogP contribution in [-0.4, -0.2) is 37.1 Å². The largest absolute Gasteiger partial charge is 0.385 e. The van der Waals surface area contributed by atoms with E-state index >= 15 is 0 Å². The molecule has 7 heteroatoms. The van der Waals surface area contributed by atoms with Gasteiger partial charge >= 0.3 is 0 Å². The second-order valence-corrected chi connectivity index (χ2v) is 4.97. The second-order valence-electron chi connectivity index (χ2n) is 4.97. The van der Waals surface area contributed by atoms with Gasteiger partial charge in [0.25, 0.3) is 11.8 Å². The van der Waals surface area contributed by atoms with Crippen molar-refractivity contribution in [1.29, 1.82) is 0 Å². The van der Waals surface area contributed by atoms with Crippen LogP contribution in [0.2, 0.25) is 0 Å². The molecular weight excluding hydrogens is 313 g/mol. The number of para-hydroxylation sites is 1. The van der Waals surface area contributed by atoms with Gasteiger partial charge in [-0.1, -0.05) is 12.1 Å². The van der Waals surface area contributed by atoms with Gasteiger partial charge in [0.05, 0.1) is 5.69 Å². The maximum absolute atomic E-state index is 13.6. The molecule has 2 amide bonds. The number of hydrogen-bond donors (Lipinski definition) is 2. The van der Waals surface area contributed by atoms with Gasteiger partial charge in [-0.05, 0) is 30.7 Å². The highest BCUT2D eigenvalue weighted by Gasteiger charge is 2.13. The fraction of sp³-hybridized carbons (Fsp3) is 0.235. The molecular formula is C17H18FN3O3. The zero-order valence-corrected chi connectivity index (χ0v) is 13.2. The first-order valence-corrected chi connectivity index (χ1v) is 7.41. The van der Waals surface area contributed by atoms with E-state index in [2.05, 4.69) is 15.6 Å². The van der Waals surface area contributed by atoms with Gasteiger partial charge in [-0.25, -0.2) is 4.39 Å². The van der Waals surface area contributed by atoms with Crippen molar-refractivity contribution < 1.29 is 18.7 Å². The summed E-state index contributed by atoms with van der Waals surface area (Å²) in [4.78, 5) is 28.1. The SMILES string of the molecule is COCCCNC(=O)c1cc(C(=O)Nc2ccccc2F)ccn1. The molecule has 0 radical (unpaired) electrons. The third kappa shape index (κ3) is 4.85. The standard InChI is InChI=1S/C17H18FN3O3/c1-24-10-4-8-20-17(23)15-11-12(7-9-19-15)16(22)21-14-6-3-2-5-13(14)18/h2-3,5-7,9,11H,4,8,10H2,1H3,(H,20,23)(H,21,22). The number of carbonyl (C=O) groups excluding carboxylic acids is 2. The molecule has 126 valence electrons. The zero-order valence-electron chi connectivity index (χ0n) is 13.2. The molecule has 24 heavy (non-hydrogen) atoms. The fourth-order valence-corrected chi connectivity index (χ4v) is 1.96. The van der Waals surface area contributed by atoms with Crippen molar-refractivity contribution in [3.8, 4) is 0 Å². The molecule has 1 heterocycles. The minimum Gasteiger partial charge on any atom is -0.385 e. The predicted molar refractivity (Wildman–Crippen MR) is 87.4 cm³/mol. The van der Waals surface area contributed by atoms with Crippen LogP contribution in [-0.2, 0) is 4.74 Å². The third-order valence-corrected chi connectivity index (χ3v) is 3.19. The molecule has 0 aliphatic rings. The highest BCUT2D eigenvalue weighted by molar-refractivity contribution is 6.05. The van der Waals surface area contributed by atoms with Crippen LogP contribution >= 0.6 is 0 Å². The number of benzene rings is 1. The molecule has 0 bridgehead atoms. The maximum atomic E-state index is 13.6. The van der Waals surface area contributed by atoms with Gasteiger partial charge in [0, 0.05) is 32.0 Å². The number of amides is 2. The van der Waals surface area contributed by atoms with E-state index < -0.39 is 11.7 Å². The van der Waals surface area contributed by atoms with Crippen LogP contribution in [0.4, 0.5) is 10.1 Å². The van der Waals surface area contributed by atoms with Gasteiger partial charge in [-0.2, -0.15) is 0 Å². The molecule has 2 aromatic rings. The fourth-order valence-electron chi connectivity index (χ4n) is 1.96. The summed E-state index contributed by atoms with van der Waals surface area (Å²) in [5.74, 6) is -1.43. The number of rotatable bonds is 7. The minimum atomic E-state index is -0.531. The smallest absolute Gasteiger partial charge is 0.269 e. The van der Waals surface area contributed by atoms with Crippen LogP contribution in [0.5, 0.6) is 0 Å². The Balaban J connectivity index is 2.02. The first-order chi connectivity index (χ1) is 11.6. The van der Waals surface area contributed by atoms with Crippen LogP contribution in [0, 0.1) is 5.82 Å². The highest BCUT2D eigenvalue weighted by atomic mass is 19.1. The summed E-state index contributed by atoms with van der Waals surface area (Å²) in [7, 11) is 1.58. The van der Waals surface area contributed by atoms with E-state index in [9.17, 15) is 14.0 Å². The van der Waals surface area contributed by atoms with Crippen LogP contribution < -0.4 is 10.6 Å². The van der Waals surface area contributed by atoms with Crippen molar-refractivity contribution in [2.75, 3.05) is 25.6 Å². The molecule has 0 saturated carbocycles. The predicted octanol–water partition coefficient (Wildman–Crippen LogP) is 2.24. The first-order valence-electron chi connectivity index (χ1n) is 7.41. The Kier molecular flexibility index (Phi) is 6.39. The lowest BCUT2D eigenvalue weighted by Crippen LogP contribution is -2.26. The van der Waals surface area contributed by atoms with Crippen molar-refractivity contribution in [2.24, 2.45) is 0 Å². The van der Waals surface area contributed by atoms with Crippen LogP contribution in [0.15, 0.2) is 42.6 Å². The Morgan fingerprint density at radius 2 is 2.00 bits per heavy atom. The lowest BCUT2D eigenvalue weighted by atomic mass is 10.2. The Morgan fingerprint density at radius 1 is 1.21 bits per heavy atom. The van der Waals surface area contributed by atoms with E-state index in [0.29, 0.717) is 19.6 Å². The molecule has 2 N–H and O–H groups in total. The molecule has 0 aliphatic carbocycles. The number of aromatic nitrogens is 1. The summed E-state index contributed by atoms with van der Waals surface area (Å²) < 4.78 is 18.5. The molecule has 0 atom stereocenters. The van der Waals surface area contributed by atoms with Crippen molar-refractivity contribution >= 4 is 17.5 Å². The lowest BCUT2D eigenvalue weighted by Gasteiger charge is -2.08. The van der Waals surface area contributed by atoms with E-state index in [1.165, 1.54) is 36.5 Å². The molecule has 0 aliphatic heterocycles. The quantitative estimate of drug-likeness (QED) is 0.763. The first kappa shape index (κ1) is 17.6. The maximum Gasteiger partial charge on any atom is 0.269 e. The van der Waals surface area contributed by atoms with Crippen LogP contribution in [0.25, 0.3) is 0 Å². The Hall–Kier alpha value is -2.80. The molecule has 1 aromatic heterocycles.